The minimum Gasteiger partial charge on any atom is -0.348 e. The van der Waals surface area contributed by atoms with E-state index in [0.717, 1.165) is 41.3 Å². The summed E-state index contributed by atoms with van der Waals surface area (Å²) in [4.78, 5) is 19.8. The number of fused-ring (bicyclic) bond motifs is 1. The van der Waals surface area contributed by atoms with E-state index in [9.17, 15) is 13.2 Å². The van der Waals surface area contributed by atoms with Crippen molar-refractivity contribution in [3.8, 4) is 0 Å². The van der Waals surface area contributed by atoms with Gasteiger partial charge in [-0.1, -0.05) is 11.3 Å². The Morgan fingerprint density at radius 3 is 2.50 bits per heavy atom. The smallest absolute Gasteiger partial charge is 0.255 e. The summed E-state index contributed by atoms with van der Waals surface area (Å²) in [7, 11) is -3.52. The number of anilines is 2. The third kappa shape index (κ3) is 4.05. The molecule has 1 aromatic heterocycles. The molecule has 1 aliphatic carbocycles. The predicted molar refractivity (Wildman–Crippen MR) is 119 cm³/mol. The van der Waals surface area contributed by atoms with Crippen molar-refractivity contribution < 1.29 is 13.2 Å². The van der Waals surface area contributed by atoms with Crippen molar-refractivity contribution in [1.82, 2.24) is 9.71 Å². The molecule has 0 spiro atoms. The zero-order valence-electron chi connectivity index (χ0n) is 16.3. The maximum Gasteiger partial charge on any atom is 0.255 e. The van der Waals surface area contributed by atoms with Gasteiger partial charge in [0.1, 0.15) is 0 Å². The summed E-state index contributed by atoms with van der Waals surface area (Å²) in [6, 6.07) is 11.7. The topological polar surface area (TPSA) is 91.4 Å². The molecule has 7 nitrogen and oxygen atoms in total. The first-order valence-electron chi connectivity index (χ1n) is 10.1. The molecule has 2 aromatic carbocycles. The maximum absolute atomic E-state index is 12.6. The predicted octanol–water partition coefficient (Wildman–Crippen LogP) is 3.59. The molecule has 2 heterocycles. The van der Waals surface area contributed by atoms with Crippen molar-refractivity contribution in [3.05, 3.63) is 48.0 Å². The highest BCUT2D eigenvalue weighted by Gasteiger charge is 2.28. The van der Waals surface area contributed by atoms with Gasteiger partial charge in [-0.3, -0.25) is 4.79 Å². The van der Waals surface area contributed by atoms with E-state index in [2.05, 4.69) is 14.9 Å². The van der Waals surface area contributed by atoms with E-state index < -0.39 is 10.0 Å². The molecule has 2 fully saturated rings. The Bertz CT molecular complexity index is 1190. The Balaban J connectivity index is 1.30. The van der Waals surface area contributed by atoms with Gasteiger partial charge in [-0.2, -0.15) is 0 Å². The van der Waals surface area contributed by atoms with Gasteiger partial charge in [0.15, 0.2) is 5.13 Å². The van der Waals surface area contributed by atoms with Crippen LogP contribution >= 0.6 is 11.3 Å². The molecule has 156 valence electrons. The van der Waals surface area contributed by atoms with Crippen molar-refractivity contribution in [3.63, 3.8) is 0 Å². The Kier molecular flexibility index (Phi) is 4.96. The molecule has 9 heteroatoms. The SMILES string of the molecule is O=C(Nc1ccc2nc(N3CCCC3)sc2c1)c1ccc(S(=O)(=O)NC2CC2)cc1. The van der Waals surface area contributed by atoms with Gasteiger partial charge in [0.25, 0.3) is 5.91 Å². The van der Waals surface area contributed by atoms with Crippen molar-refractivity contribution in [1.29, 1.82) is 0 Å². The highest BCUT2D eigenvalue weighted by molar-refractivity contribution is 7.89. The molecule has 5 rings (SSSR count). The number of sulfonamides is 1. The fourth-order valence-corrected chi connectivity index (χ4v) is 5.87. The summed E-state index contributed by atoms with van der Waals surface area (Å²) in [5.74, 6) is -0.280. The van der Waals surface area contributed by atoms with Crippen LogP contribution in [0.5, 0.6) is 0 Å². The highest BCUT2D eigenvalue weighted by Crippen LogP contribution is 2.32. The van der Waals surface area contributed by atoms with Crippen LogP contribution in [0.25, 0.3) is 10.2 Å². The van der Waals surface area contributed by atoms with Crippen LogP contribution in [0.15, 0.2) is 47.4 Å². The Morgan fingerprint density at radius 2 is 1.80 bits per heavy atom. The lowest BCUT2D eigenvalue weighted by molar-refractivity contribution is 0.102. The molecular formula is C21H22N4O3S2. The van der Waals surface area contributed by atoms with E-state index >= 15 is 0 Å². The molecule has 1 amide bonds. The fourth-order valence-electron chi connectivity index (χ4n) is 3.51. The summed E-state index contributed by atoms with van der Waals surface area (Å²) in [5, 5.41) is 3.92. The van der Waals surface area contributed by atoms with Crippen LogP contribution in [0.4, 0.5) is 10.8 Å². The number of hydrogen-bond acceptors (Lipinski definition) is 6. The van der Waals surface area contributed by atoms with Crippen molar-refractivity contribution >= 4 is 48.3 Å². The van der Waals surface area contributed by atoms with E-state index in [-0.39, 0.29) is 16.8 Å². The molecule has 2 N–H and O–H groups in total. The molecular weight excluding hydrogens is 420 g/mol. The van der Waals surface area contributed by atoms with Gasteiger partial charge in [-0.25, -0.2) is 18.1 Å². The number of aromatic nitrogens is 1. The summed E-state index contributed by atoms with van der Waals surface area (Å²) >= 11 is 1.64. The maximum atomic E-state index is 12.6. The van der Waals surface area contributed by atoms with Crippen molar-refractivity contribution in [2.75, 3.05) is 23.3 Å². The molecule has 1 saturated carbocycles. The number of carbonyl (C=O) groups is 1. The van der Waals surface area contributed by atoms with E-state index in [1.54, 1.807) is 11.3 Å². The Hall–Kier alpha value is -2.49. The fraction of sp³-hybridized carbons (Fsp3) is 0.333. The molecule has 0 unspecified atom stereocenters. The first kappa shape index (κ1) is 19.5. The summed E-state index contributed by atoms with van der Waals surface area (Å²) < 4.78 is 28.2. The number of hydrogen-bond donors (Lipinski definition) is 2. The van der Waals surface area contributed by atoms with Gasteiger partial charge < -0.3 is 10.2 Å². The lowest BCUT2D eigenvalue weighted by atomic mass is 10.2. The molecule has 3 aromatic rings. The van der Waals surface area contributed by atoms with E-state index in [4.69, 9.17) is 4.98 Å². The number of carbonyl (C=O) groups excluding carboxylic acids is 1. The number of nitrogens with zero attached hydrogens (tertiary/aromatic N) is 2. The zero-order chi connectivity index (χ0) is 20.7. The molecule has 30 heavy (non-hydrogen) atoms. The average Bonchev–Trinajstić information content (AvgIpc) is 3.20. The standard InChI is InChI=1S/C21H22N4O3S2/c26-20(14-3-8-17(9-4-14)30(27,28)24-15-5-6-15)22-16-7-10-18-19(13-16)29-21(23-18)25-11-1-2-12-25/h3-4,7-10,13,15,24H,1-2,5-6,11-12H2,(H,22,26). The van der Waals surface area contributed by atoms with E-state index in [0.29, 0.717) is 11.3 Å². The molecule has 2 aliphatic rings. The Labute approximate surface area is 179 Å². The lowest BCUT2D eigenvalue weighted by Gasteiger charge is -2.11. The lowest BCUT2D eigenvalue weighted by Crippen LogP contribution is -2.25. The minimum absolute atomic E-state index is 0.0469. The van der Waals surface area contributed by atoms with Crippen LogP contribution in [-0.4, -0.2) is 38.4 Å². The minimum atomic E-state index is -3.52. The van der Waals surface area contributed by atoms with Crippen molar-refractivity contribution in [2.45, 2.75) is 36.6 Å². The first-order valence-corrected chi connectivity index (χ1v) is 12.4. The first-order chi connectivity index (χ1) is 14.5. The number of amides is 1. The van der Waals surface area contributed by atoms with Crippen LogP contribution in [0.2, 0.25) is 0 Å². The highest BCUT2D eigenvalue weighted by atomic mass is 32.2. The molecule has 0 bridgehead atoms. The summed E-state index contributed by atoms with van der Waals surface area (Å²) in [5.41, 5.74) is 2.02. The van der Waals surface area contributed by atoms with Gasteiger partial charge in [0.05, 0.1) is 15.1 Å². The van der Waals surface area contributed by atoms with Crippen LogP contribution in [-0.2, 0) is 10.0 Å². The quantitative estimate of drug-likeness (QED) is 0.609. The van der Waals surface area contributed by atoms with E-state index in [1.165, 1.54) is 37.1 Å². The van der Waals surface area contributed by atoms with Crippen LogP contribution in [0, 0.1) is 0 Å². The van der Waals surface area contributed by atoms with Crippen LogP contribution < -0.4 is 14.9 Å². The van der Waals surface area contributed by atoms with Gasteiger partial charge in [-0.05, 0) is 68.1 Å². The third-order valence-corrected chi connectivity index (χ3v) is 7.95. The second-order valence-corrected chi connectivity index (χ2v) is 10.5. The van der Waals surface area contributed by atoms with Crippen LogP contribution in [0.1, 0.15) is 36.0 Å². The zero-order valence-corrected chi connectivity index (χ0v) is 17.9. The molecule has 0 atom stereocenters. The van der Waals surface area contributed by atoms with E-state index in [1.807, 2.05) is 18.2 Å². The van der Waals surface area contributed by atoms with Gasteiger partial charge in [0.2, 0.25) is 10.0 Å². The second kappa shape index (κ2) is 7.64. The van der Waals surface area contributed by atoms with Crippen molar-refractivity contribution in [2.24, 2.45) is 0 Å². The average molecular weight is 443 g/mol. The molecule has 1 aliphatic heterocycles. The third-order valence-electron chi connectivity index (χ3n) is 5.34. The van der Waals surface area contributed by atoms with Gasteiger partial charge >= 0.3 is 0 Å². The van der Waals surface area contributed by atoms with Gasteiger partial charge in [0, 0.05) is 30.4 Å². The molecule has 0 radical (unpaired) electrons. The number of rotatable bonds is 6. The molecule has 1 saturated heterocycles. The largest absolute Gasteiger partial charge is 0.348 e. The second-order valence-electron chi connectivity index (χ2n) is 7.75. The Morgan fingerprint density at radius 1 is 1.07 bits per heavy atom. The van der Waals surface area contributed by atoms with Gasteiger partial charge in [-0.15, -0.1) is 0 Å². The number of thiazole rings is 1. The van der Waals surface area contributed by atoms with Crippen LogP contribution in [0.3, 0.4) is 0 Å². The summed E-state index contributed by atoms with van der Waals surface area (Å²) in [6.07, 6.45) is 4.16. The number of benzene rings is 2. The number of nitrogens with one attached hydrogen (secondary N) is 2. The normalized spacial score (nSPS) is 16.9. The summed E-state index contributed by atoms with van der Waals surface area (Å²) in [6.45, 7) is 2.09. The monoisotopic (exact) mass is 442 g/mol.